The minimum absolute atomic E-state index is 0.204. The Bertz CT molecular complexity index is 1670. The molecular formula is C41H49FN2O4. The number of piperidine rings is 1. The molecular weight excluding hydrogens is 603 g/mol. The van der Waals surface area contributed by atoms with E-state index in [9.17, 15) is 14.3 Å². The van der Waals surface area contributed by atoms with Crippen LogP contribution in [-0.4, -0.2) is 41.4 Å². The fourth-order valence-corrected chi connectivity index (χ4v) is 6.37. The summed E-state index contributed by atoms with van der Waals surface area (Å²) < 4.78 is 25.7. The van der Waals surface area contributed by atoms with Gasteiger partial charge in [-0.2, -0.15) is 0 Å². The van der Waals surface area contributed by atoms with Crippen molar-refractivity contribution in [2.45, 2.75) is 85.4 Å². The lowest BCUT2D eigenvalue weighted by Gasteiger charge is -2.41. The lowest BCUT2D eigenvalue weighted by Crippen LogP contribution is -2.39. The highest BCUT2D eigenvalue weighted by molar-refractivity contribution is 5.88. The van der Waals surface area contributed by atoms with Gasteiger partial charge in [0.1, 0.15) is 11.6 Å². The largest absolute Gasteiger partial charge is 0.493 e. The Morgan fingerprint density at radius 3 is 2.15 bits per heavy atom. The Morgan fingerprint density at radius 2 is 1.54 bits per heavy atom. The van der Waals surface area contributed by atoms with E-state index in [0.717, 1.165) is 66.2 Å². The number of hydrogen-bond donors (Lipinski definition) is 1. The number of anilines is 1. The number of benzene rings is 3. The number of nitrogens with zero attached hydrogens (tertiary/aromatic N) is 2. The summed E-state index contributed by atoms with van der Waals surface area (Å²) in [5.74, 6) is -0.548. The third kappa shape index (κ3) is 9.01. The molecule has 1 N–H and O–H groups in total. The predicted molar refractivity (Wildman–Crippen MR) is 190 cm³/mol. The molecule has 1 saturated heterocycles. The number of carboxylic acids is 1. The Hall–Kier alpha value is -4.23. The first-order valence-electron chi connectivity index (χ1n) is 17.0. The van der Waals surface area contributed by atoms with Gasteiger partial charge in [0.2, 0.25) is 0 Å². The van der Waals surface area contributed by atoms with E-state index in [1.807, 2.05) is 58.0 Å². The molecule has 0 spiro atoms. The molecule has 1 atom stereocenters. The molecule has 1 fully saturated rings. The number of hydrogen-bond acceptors (Lipinski definition) is 5. The topological polar surface area (TPSA) is 71.9 Å². The highest BCUT2D eigenvalue weighted by atomic mass is 19.1. The molecule has 0 unspecified atom stereocenters. The van der Waals surface area contributed by atoms with Gasteiger partial charge in [0.25, 0.3) is 0 Å². The minimum Gasteiger partial charge on any atom is -0.493 e. The van der Waals surface area contributed by atoms with Gasteiger partial charge in [0, 0.05) is 36.3 Å². The first-order valence-corrected chi connectivity index (χ1v) is 17.0. The molecule has 4 aromatic rings. The maximum absolute atomic E-state index is 13.3. The molecule has 0 radical (unpaired) electrons. The van der Waals surface area contributed by atoms with Gasteiger partial charge in [-0.05, 0) is 99.7 Å². The number of pyridine rings is 1. The predicted octanol–water partition coefficient (Wildman–Crippen LogP) is 9.17. The molecule has 3 aromatic carbocycles. The van der Waals surface area contributed by atoms with Crippen LogP contribution in [0.3, 0.4) is 0 Å². The summed E-state index contributed by atoms with van der Waals surface area (Å²) >= 11 is 0. The van der Waals surface area contributed by atoms with Crippen molar-refractivity contribution < 1.29 is 23.8 Å². The number of aryl methyl sites for hydroxylation is 3. The first kappa shape index (κ1) is 35.1. The van der Waals surface area contributed by atoms with Gasteiger partial charge in [-0.1, -0.05) is 68.4 Å². The SMILES string of the molecule is Cc1nc(CCc2ccccc2)c(-c2ccc(OCCc3ccc(F)cc3)cc2)c(N2CCC(C)(C)CC2)c1[C@H](OC(C)(C)C)C(=O)O. The molecule has 1 aliphatic heterocycles. The molecule has 254 valence electrons. The monoisotopic (exact) mass is 652 g/mol. The van der Waals surface area contributed by atoms with E-state index in [-0.39, 0.29) is 11.2 Å². The van der Waals surface area contributed by atoms with Crippen LogP contribution in [0.1, 0.15) is 81.6 Å². The number of carboxylic acid groups (broad SMARTS) is 1. The highest BCUT2D eigenvalue weighted by Crippen LogP contribution is 2.45. The number of carbonyl (C=O) groups is 1. The Balaban J connectivity index is 1.59. The normalized spacial score (nSPS) is 15.3. The second kappa shape index (κ2) is 14.9. The summed E-state index contributed by atoms with van der Waals surface area (Å²) in [6.07, 6.45) is 2.96. The highest BCUT2D eigenvalue weighted by Gasteiger charge is 2.37. The lowest BCUT2D eigenvalue weighted by atomic mass is 9.81. The quantitative estimate of drug-likeness (QED) is 0.165. The molecule has 0 saturated carbocycles. The molecule has 48 heavy (non-hydrogen) atoms. The number of aliphatic carboxylic acids is 1. The van der Waals surface area contributed by atoms with E-state index in [0.29, 0.717) is 30.7 Å². The smallest absolute Gasteiger partial charge is 0.337 e. The second-order valence-electron chi connectivity index (χ2n) is 14.6. The van der Waals surface area contributed by atoms with Crippen LogP contribution in [0.15, 0.2) is 78.9 Å². The number of rotatable bonds is 12. The fraction of sp³-hybridized carbons (Fsp3) is 0.415. The van der Waals surface area contributed by atoms with E-state index in [2.05, 4.69) is 43.0 Å². The van der Waals surface area contributed by atoms with Crippen LogP contribution in [0, 0.1) is 18.2 Å². The van der Waals surface area contributed by atoms with Crippen molar-refractivity contribution in [1.82, 2.24) is 4.98 Å². The molecule has 1 aliphatic rings. The van der Waals surface area contributed by atoms with E-state index in [4.69, 9.17) is 14.5 Å². The molecule has 1 aromatic heterocycles. The van der Waals surface area contributed by atoms with Crippen molar-refractivity contribution in [3.05, 3.63) is 113 Å². The number of aromatic nitrogens is 1. The molecule has 0 bridgehead atoms. The van der Waals surface area contributed by atoms with Crippen LogP contribution in [0.25, 0.3) is 11.1 Å². The van der Waals surface area contributed by atoms with Crippen molar-refractivity contribution in [3.63, 3.8) is 0 Å². The Morgan fingerprint density at radius 1 is 0.917 bits per heavy atom. The average molecular weight is 653 g/mol. The van der Waals surface area contributed by atoms with Gasteiger partial charge < -0.3 is 19.5 Å². The second-order valence-corrected chi connectivity index (χ2v) is 14.6. The zero-order chi connectivity index (χ0) is 34.5. The van der Waals surface area contributed by atoms with Crippen LogP contribution in [0.4, 0.5) is 10.1 Å². The molecule has 6 nitrogen and oxygen atoms in total. The lowest BCUT2D eigenvalue weighted by molar-refractivity contribution is -0.160. The van der Waals surface area contributed by atoms with Crippen molar-refractivity contribution in [2.24, 2.45) is 5.41 Å². The summed E-state index contributed by atoms with van der Waals surface area (Å²) in [5, 5.41) is 10.6. The van der Waals surface area contributed by atoms with E-state index in [1.54, 1.807) is 12.1 Å². The number of ether oxygens (including phenoxy) is 2. The Kier molecular flexibility index (Phi) is 10.9. The summed E-state index contributed by atoms with van der Waals surface area (Å²) in [6.45, 7) is 14.3. The van der Waals surface area contributed by atoms with Crippen LogP contribution in [-0.2, 0) is 28.8 Å². The van der Waals surface area contributed by atoms with Crippen LogP contribution < -0.4 is 9.64 Å². The number of halogens is 1. The zero-order valence-electron chi connectivity index (χ0n) is 29.2. The standard InChI is InChI=1S/C41H49FN2O4/c1-28-35(38(39(45)46)48-40(2,3)4)37(44-25-23-41(5,6)24-26-44)36(34(43-28)21-14-29-10-8-7-9-11-29)31-15-19-33(20-16-31)47-27-22-30-12-17-32(42)18-13-30/h7-13,15-20,38H,14,21-27H2,1-6H3,(H,45,46)/t38-/m0/s1. The zero-order valence-corrected chi connectivity index (χ0v) is 29.2. The molecule has 0 aliphatic carbocycles. The molecule has 0 amide bonds. The van der Waals surface area contributed by atoms with E-state index >= 15 is 0 Å². The van der Waals surface area contributed by atoms with Crippen molar-refractivity contribution in [2.75, 3.05) is 24.6 Å². The fourth-order valence-electron chi connectivity index (χ4n) is 6.37. The third-order valence-electron chi connectivity index (χ3n) is 9.07. The average Bonchev–Trinajstić information content (AvgIpc) is 3.04. The van der Waals surface area contributed by atoms with Crippen molar-refractivity contribution >= 4 is 11.7 Å². The van der Waals surface area contributed by atoms with Gasteiger partial charge >= 0.3 is 5.97 Å². The molecule has 2 heterocycles. The maximum Gasteiger partial charge on any atom is 0.337 e. The van der Waals surface area contributed by atoms with Gasteiger partial charge in [-0.15, -0.1) is 0 Å². The third-order valence-corrected chi connectivity index (χ3v) is 9.07. The summed E-state index contributed by atoms with van der Waals surface area (Å²) in [6, 6.07) is 24.9. The van der Waals surface area contributed by atoms with Gasteiger partial charge in [-0.3, -0.25) is 4.98 Å². The summed E-state index contributed by atoms with van der Waals surface area (Å²) in [7, 11) is 0. The molecule has 7 heteroatoms. The van der Waals surface area contributed by atoms with Crippen LogP contribution in [0.5, 0.6) is 5.75 Å². The summed E-state index contributed by atoms with van der Waals surface area (Å²) in [5.41, 5.74) is 6.80. The summed E-state index contributed by atoms with van der Waals surface area (Å²) in [4.78, 5) is 20.5. The Labute approximate surface area is 284 Å². The first-order chi connectivity index (χ1) is 22.8. The van der Waals surface area contributed by atoms with Crippen molar-refractivity contribution in [1.29, 1.82) is 0 Å². The van der Waals surface area contributed by atoms with Crippen LogP contribution >= 0.6 is 0 Å². The van der Waals surface area contributed by atoms with Gasteiger partial charge in [-0.25, -0.2) is 9.18 Å². The van der Waals surface area contributed by atoms with E-state index < -0.39 is 17.7 Å². The minimum atomic E-state index is -1.18. The van der Waals surface area contributed by atoms with E-state index in [1.165, 1.54) is 17.7 Å². The van der Waals surface area contributed by atoms with Gasteiger partial charge in [0.15, 0.2) is 6.10 Å². The van der Waals surface area contributed by atoms with Gasteiger partial charge in [0.05, 0.1) is 23.6 Å². The maximum atomic E-state index is 13.3. The van der Waals surface area contributed by atoms with Crippen LogP contribution in [0.2, 0.25) is 0 Å². The molecule has 5 rings (SSSR count). The van der Waals surface area contributed by atoms with Crippen molar-refractivity contribution in [3.8, 4) is 16.9 Å².